The fraction of sp³-hybridized carbons (Fsp3) is 1.00. The minimum Gasteiger partial charge on any atom is -0.386 e. The van der Waals surface area contributed by atoms with Gasteiger partial charge in [0.15, 0.2) is 0 Å². The van der Waals surface area contributed by atoms with Gasteiger partial charge in [-0.25, -0.2) is 0 Å². The van der Waals surface area contributed by atoms with Crippen molar-refractivity contribution in [3.63, 3.8) is 0 Å². The zero-order chi connectivity index (χ0) is 13.0. The number of aliphatic hydroxyl groups is 1. The maximum atomic E-state index is 10.4. The average molecular weight is 253 g/mol. The minimum atomic E-state index is -0.631. The van der Waals surface area contributed by atoms with Gasteiger partial charge in [-0.05, 0) is 36.0 Å². The molecular formula is C15H27NO2. The summed E-state index contributed by atoms with van der Waals surface area (Å²) in [6.45, 7) is 9.10. The Labute approximate surface area is 110 Å². The van der Waals surface area contributed by atoms with Crippen LogP contribution in [0.5, 0.6) is 0 Å². The third kappa shape index (κ3) is 1.83. The number of rotatable bonds is 3. The van der Waals surface area contributed by atoms with E-state index in [9.17, 15) is 5.11 Å². The molecule has 104 valence electrons. The monoisotopic (exact) mass is 253 g/mol. The van der Waals surface area contributed by atoms with Crippen LogP contribution in [0.2, 0.25) is 0 Å². The van der Waals surface area contributed by atoms with Crippen molar-refractivity contribution in [1.82, 2.24) is 5.32 Å². The van der Waals surface area contributed by atoms with Crippen molar-refractivity contribution in [1.29, 1.82) is 0 Å². The van der Waals surface area contributed by atoms with Crippen LogP contribution in [0.15, 0.2) is 0 Å². The molecule has 2 aliphatic carbocycles. The molecule has 3 rings (SSSR count). The van der Waals surface area contributed by atoms with Crippen LogP contribution in [0, 0.1) is 16.7 Å². The molecule has 2 saturated carbocycles. The molecule has 4 atom stereocenters. The molecule has 0 amide bonds. The molecule has 0 aromatic carbocycles. The van der Waals surface area contributed by atoms with Gasteiger partial charge < -0.3 is 15.2 Å². The van der Waals surface area contributed by atoms with E-state index in [4.69, 9.17) is 4.74 Å². The summed E-state index contributed by atoms with van der Waals surface area (Å²) in [5, 5.41) is 14.1. The van der Waals surface area contributed by atoms with Gasteiger partial charge in [-0.1, -0.05) is 20.8 Å². The fourth-order valence-corrected chi connectivity index (χ4v) is 4.84. The Morgan fingerprint density at radius 2 is 2.06 bits per heavy atom. The van der Waals surface area contributed by atoms with E-state index in [1.807, 2.05) is 0 Å². The first-order valence-electron chi connectivity index (χ1n) is 7.39. The van der Waals surface area contributed by atoms with E-state index in [0.717, 1.165) is 12.3 Å². The molecule has 3 fully saturated rings. The lowest BCUT2D eigenvalue weighted by Crippen LogP contribution is -2.54. The van der Waals surface area contributed by atoms with E-state index in [-0.39, 0.29) is 0 Å². The maximum absolute atomic E-state index is 10.4. The number of nitrogens with one attached hydrogen (secondary N) is 1. The summed E-state index contributed by atoms with van der Waals surface area (Å²) in [5.74, 6) is 0.856. The van der Waals surface area contributed by atoms with Gasteiger partial charge in [-0.3, -0.25) is 0 Å². The summed E-state index contributed by atoms with van der Waals surface area (Å²) in [5.41, 5.74) is 0.168. The summed E-state index contributed by atoms with van der Waals surface area (Å²) in [4.78, 5) is 0. The van der Waals surface area contributed by atoms with Gasteiger partial charge in [0.1, 0.15) is 5.60 Å². The van der Waals surface area contributed by atoms with Gasteiger partial charge in [0.05, 0.1) is 6.61 Å². The van der Waals surface area contributed by atoms with Gasteiger partial charge in [0.2, 0.25) is 0 Å². The third-order valence-electron chi connectivity index (χ3n) is 5.99. The lowest BCUT2D eigenvalue weighted by Gasteiger charge is -2.44. The van der Waals surface area contributed by atoms with Crippen LogP contribution in [0.3, 0.4) is 0 Å². The first-order valence-corrected chi connectivity index (χ1v) is 7.39. The summed E-state index contributed by atoms with van der Waals surface area (Å²) in [7, 11) is 0. The molecule has 2 N–H and O–H groups in total. The topological polar surface area (TPSA) is 41.5 Å². The van der Waals surface area contributed by atoms with E-state index in [1.54, 1.807) is 0 Å². The van der Waals surface area contributed by atoms with E-state index in [1.165, 1.54) is 19.3 Å². The van der Waals surface area contributed by atoms with Crippen LogP contribution >= 0.6 is 0 Å². The summed E-state index contributed by atoms with van der Waals surface area (Å²) in [6, 6.07) is 0.536. The molecule has 4 unspecified atom stereocenters. The highest BCUT2D eigenvalue weighted by Gasteiger charge is 2.59. The van der Waals surface area contributed by atoms with E-state index in [2.05, 4.69) is 26.1 Å². The SMILES string of the molecule is CC12CCC(C1)C(C)(C)C2NCC1(O)CCOC1. The smallest absolute Gasteiger partial charge is 0.102 e. The Hall–Kier alpha value is -0.120. The first kappa shape index (κ1) is 12.9. The molecule has 0 aromatic heterocycles. The van der Waals surface area contributed by atoms with Crippen molar-refractivity contribution in [2.24, 2.45) is 16.7 Å². The third-order valence-corrected chi connectivity index (χ3v) is 5.99. The van der Waals surface area contributed by atoms with E-state index in [0.29, 0.717) is 36.6 Å². The van der Waals surface area contributed by atoms with E-state index >= 15 is 0 Å². The van der Waals surface area contributed by atoms with Crippen LogP contribution in [-0.2, 0) is 4.74 Å². The minimum absolute atomic E-state index is 0.364. The molecule has 1 heterocycles. The van der Waals surface area contributed by atoms with Crippen LogP contribution in [0.4, 0.5) is 0 Å². The van der Waals surface area contributed by atoms with Gasteiger partial charge in [0.25, 0.3) is 0 Å². The van der Waals surface area contributed by atoms with Gasteiger partial charge >= 0.3 is 0 Å². The highest BCUT2D eigenvalue weighted by atomic mass is 16.5. The quantitative estimate of drug-likeness (QED) is 0.807. The molecule has 18 heavy (non-hydrogen) atoms. The van der Waals surface area contributed by atoms with Crippen LogP contribution in [0.25, 0.3) is 0 Å². The maximum Gasteiger partial charge on any atom is 0.102 e. The predicted molar refractivity (Wildman–Crippen MR) is 71.4 cm³/mol. The highest BCUT2D eigenvalue weighted by molar-refractivity contribution is 5.12. The Morgan fingerprint density at radius 1 is 1.28 bits per heavy atom. The van der Waals surface area contributed by atoms with Crippen LogP contribution in [0.1, 0.15) is 46.5 Å². The Kier molecular flexibility index (Phi) is 2.82. The van der Waals surface area contributed by atoms with Gasteiger partial charge in [0, 0.05) is 25.6 Å². The molecule has 2 bridgehead atoms. The zero-order valence-electron chi connectivity index (χ0n) is 12.0. The summed E-state index contributed by atoms with van der Waals surface area (Å²) in [6.07, 6.45) is 4.85. The Morgan fingerprint density at radius 3 is 2.61 bits per heavy atom. The van der Waals surface area contributed by atoms with Gasteiger partial charge in [-0.2, -0.15) is 0 Å². The summed E-state index contributed by atoms with van der Waals surface area (Å²) >= 11 is 0. The summed E-state index contributed by atoms with van der Waals surface area (Å²) < 4.78 is 5.32. The highest BCUT2D eigenvalue weighted by Crippen LogP contribution is 2.62. The molecule has 3 aliphatic rings. The molecule has 1 aliphatic heterocycles. The first-order chi connectivity index (χ1) is 8.36. The molecule has 1 saturated heterocycles. The number of hydrogen-bond donors (Lipinski definition) is 2. The molecular weight excluding hydrogens is 226 g/mol. The lowest BCUT2D eigenvalue weighted by atomic mass is 9.68. The van der Waals surface area contributed by atoms with Crippen molar-refractivity contribution < 1.29 is 9.84 Å². The van der Waals surface area contributed by atoms with Crippen molar-refractivity contribution in [3.05, 3.63) is 0 Å². The molecule has 0 spiro atoms. The fourth-order valence-electron chi connectivity index (χ4n) is 4.84. The Bertz CT molecular complexity index is 331. The number of ether oxygens (including phenoxy) is 1. The van der Waals surface area contributed by atoms with Crippen molar-refractivity contribution >= 4 is 0 Å². The standard InChI is InChI=1S/C15H27NO2/c1-13(2)11-4-5-14(3,8-11)12(13)16-9-15(17)6-7-18-10-15/h11-12,16-17H,4-10H2,1-3H3. The number of fused-ring (bicyclic) bond motifs is 2. The second kappa shape index (κ2) is 3.94. The van der Waals surface area contributed by atoms with Crippen molar-refractivity contribution in [2.45, 2.75) is 58.1 Å². The van der Waals surface area contributed by atoms with Crippen molar-refractivity contribution in [3.8, 4) is 0 Å². The molecule has 0 radical (unpaired) electrons. The molecule has 3 nitrogen and oxygen atoms in total. The average Bonchev–Trinajstić information content (AvgIpc) is 2.90. The van der Waals surface area contributed by atoms with Gasteiger partial charge in [-0.15, -0.1) is 0 Å². The van der Waals surface area contributed by atoms with Crippen LogP contribution in [-0.4, -0.2) is 36.5 Å². The largest absolute Gasteiger partial charge is 0.386 e. The number of hydrogen-bond acceptors (Lipinski definition) is 3. The predicted octanol–water partition coefficient (Wildman–Crippen LogP) is 1.94. The zero-order valence-corrected chi connectivity index (χ0v) is 12.0. The lowest BCUT2D eigenvalue weighted by molar-refractivity contribution is 0.0108. The molecule has 0 aromatic rings. The van der Waals surface area contributed by atoms with Crippen molar-refractivity contribution in [2.75, 3.05) is 19.8 Å². The molecule has 3 heteroatoms. The normalized spacial score (nSPS) is 50.0. The second-order valence-electron chi connectivity index (χ2n) is 7.76. The second-order valence-corrected chi connectivity index (χ2v) is 7.76. The Balaban J connectivity index is 1.68. The van der Waals surface area contributed by atoms with E-state index < -0.39 is 5.60 Å². The van der Waals surface area contributed by atoms with Crippen LogP contribution < -0.4 is 5.32 Å².